The molecule has 1 N–H and O–H groups in total. The Kier molecular flexibility index (Phi) is 4.77. The third-order valence-electron chi connectivity index (χ3n) is 0.798. The van der Waals surface area contributed by atoms with Crippen molar-refractivity contribution in [1.82, 2.24) is 0 Å². The van der Waals surface area contributed by atoms with Gasteiger partial charge in [-0.2, -0.15) is 0 Å². The molecule has 0 spiro atoms. The number of hydrogen-bond donors (Lipinski definition) is 1. The van der Waals surface area contributed by atoms with Gasteiger partial charge in [0, 0.05) is 0 Å². The van der Waals surface area contributed by atoms with Crippen molar-refractivity contribution in [3.63, 3.8) is 0 Å². The van der Waals surface area contributed by atoms with Crippen LogP contribution < -0.4 is 0 Å². The minimum absolute atomic E-state index is 0.327. The zero-order valence-electron chi connectivity index (χ0n) is 5.46. The van der Waals surface area contributed by atoms with Gasteiger partial charge in [-0.05, 0) is 0 Å². The number of aliphatic hydroxyl groups is 1. The first kappa shape index (κ1) is 8.95. The molecule has 3 nitrogen and oxygen atoms in total. The van der Waals surface area contributed by atoms with Crippen LogP contribution in [0.15, 0.2) is 0 Å². The van der Waals surface area contributed by atoms with Crippen LogP contribution in [0.5, 0.6) is 0 Å². The van der Waals surface area contributed by atoms with E-state index >= 15 is 0 Å². The fourth-order valence-corrected chi connectivity index (χ4v) is 1.31. The Morgan fingerprint density at radius 2 is 2.44 bits per heavy atom. The van der Waals surface area contributed by atoms with Gasteiger partial charge in [-0.1, -0.05) is 0 Å². The van der Waals surface area contributed by atoms with Crippen LogP contribution in [-0.4, -0.2) is 39.2 Å². The molecule has 54 valence electrons. The first-order valence-corrected chi connectivity index (χ1v) is 5.39. The number of carbonyl (C=O) groups excluding carboxylic acids is 1. The van der Waals surface area contributed by atoms with Gasteiger partial charge in [-0.15, -0.1) is 0 Å². The number of ether oxygens (including phenoxy) is 1. The van der Waals surface area contributed by atoms with Gasteiger partial charge in [-0.25, -0.2) is 0 Å². The summed E-state index contributed by atoms with van der Waals surface area (Å²) in [6.07, 6.45) is -0.903. The summed E-state index contributed by atoms with van der Waals surface area (Å²) < 4.78 is 4.29. The Bertz CT molecular complexity index is 94.2. The average Bonchev–Trinajstić information content (AvgIpc) is 1.87. The Morgan fingerprint density at radius 3 is 2.78 bits per heavy atom. The van der Waals surface area contributed by atoms with E-state index in [2.05, 4.69) is 4.74 Å². The van der Waals surface area contributed by atoms with E-state index in [0.717, 1.165) is 0 Å². The van der Waals surface area contributed by atoms with Gasteiger partial charge in [0.1, 0.15) is 0 Å². The van der Waals surface area contributed by atoms with Crippen LogP contribution in [0.1, 0.15) is 0 Å². The standard InChI is InChI=1S/C5H10O3Se/c1-8-5(7)4(6)3-9-2/h4,6H,3H2,1-2H3/t4-/m1/s1. The van der Waals surface area contributed by atoms with E-state index in [4.69, 9.17) is 5.11 Å². The van der Waals surface area contributed by atoms with Gasteiger partial charge in [0.05, 0.1) is 0 Å². The Morgan fingerprint density at radius 1 is 1.89 bits per heavy atom. The van der Waals surface area contributed by atoms with Crippen molar-refractivity contribution in [3.05, 3.63) is 0 Å². The molecule has 0 saturated carbocycles. The molecule has 4 heteroatoms. The molecule has 0 radical (unpaired) electrons. The van der Waals surface area contributed by atoms with E-state index in [9.17, 15) is 4.79 Å². The molecule has 1 atom stereocenters. The molecular formula is C5H10O3Se. The van der Waals surface area contributed by atoms with Gasteiger partial charge in [0.2, 0.25) is 0 Å². The molecule has 0 aromatic rings. The molecule has 0 aliphatic carbocycles. The first-order valence-electron chi connectivity index (χ1n) is 2.47. The van der Waals surface area contributed by atoms with Crippen molar-refractivity contribution in [3.8, 4) is 0 Å². The minimum atomic E-state index is -0.903. The predicted octanol–water partition coefficient (Wildman–Crippen LogP) is -0.309. The maximum atomic E-state index is 10.4. The van der Waals surface area contributed by atoms with Gasteiger partial charge < -0.3 is 0 Å². The van der Waals surface area contributed by atoms with Crippen LogP contribution in [0.4, 0.5) is 0 Å². The molecular weight excluding hydrogens is 187 g/mol. The zero-order chi connectivity index (χ0) is 7.28. The Balaban J connectivity index is 3.45. The summed E-state index contributed by atoms with van der Waals surface area (Å²) in [4.78, 5) is 10.4. The molecule has 0 unspecified atom stereocenters. The molecule has 0 bridgehead atoms. The second kappa shape index (κ2) is 4.79. The topological polar surface area (TPSA) is 46.5 Å². The van der Waals surface area contributed by atoms with E-state index < -0.39 is 12.1 Å². The molecule has 0 saturated heterocycles. The summed E-state index contributed by atoms with van der Waals surface area (Å²) in [6.45, 7) is 0. The van der Waals surface area contributed by atoms with Crippen molar-refractivity contribution >= 4 is 20.9 Å². The van der Waals surface area contributed by atoms with Crippen molar-refractivity contribution in [2.24, 2.45) is 0 Å². The quantitative estimate of drug-likeness (QED) is 0.498. The molecule has 0 aromatic heterocycles. The predicted molar refractivity (Wildman–Crippen MR) is 34.4 cm³/mol. The Labute approximate surface area is 60.5 Å². The first-order chi connectivity index (χ1) is 4.22. The van der Waals surface area contributed by atoms with E-state index in [1.165, 1.54) is 7.11 Å². The van der Waals surface area contributed by atoms with Crippen molar-refractivity contribution in [1.29, 1.82) is 0 Å². The second-order valence-corrected chi connectivity index (χ2v) is 3.40. The van der Waals surface area contributed by atoms with Crippen LogP contribution in [0, 0.1) is 0 Å². The van der Waals surface area contributed by atoms with Gasteiger partial charge in [-0.3, -0.25) is 0 Å². The van der Waals surface area contributed by atoms with Crippen LogP contribution in [0.2, 0.25) is 11.1 Å². The summed E-state index contributed by atoms with van der Waals surface area (Å²) in [6, 6.07) is 0. The molecule has 0 aliphatic heterocycles. The molecule has 0 aromatic carbocycles. The van der Waals surface area contributed by atoms with Gasteiger partial charge in [0.15, 0.2) is 0 Å². The normalized spacial score (nSPS) is 12.8. The van der Waals surface area contributed by atoms with Crippen LogP contribution in [-0.2, 0) is 9.53 Å². The van der Waals surface area contributed by atoms with Crippen molar-refractivity contribution in [2.75, 3.05) is 7.11 Å². The van der Waals surface area contributed by atoms with E-state index in [-0.39, 0.29) is 0 Å². The molecule has 9 heavy (non-hydrogen) atoms. The fourth-order valence-electron chi connectivity index (χ4n) is 0.362. The van der Waals surface area contributed by atoms with Gasteiger partial charge in [0.25, 0.3) is 0 Å². The number of carbonyl (C=O) groups is 1. The number of methoxy groups -OCH3 is 1. The van der Waals surface area contributed by atoms with E-state index in [1.807, 2.05) is 5.82 Å². The average molecular weight is 197 g/mol. The summed E-state index contributed by atoms with van der Waals surface area (Å²) in [5.74, 6) is 1.43. The maximum absolute atomic E-state index is 10.4. The number of aliphatic hydroxyl groups excluding tert-OH is 1. The monoisotopic (exact) mass is 198 g/mol. The third-order valence-corrected chi connectivity index (χ3v) is 2.16. The van der Waals surface area contributed by atoms with Crippen LogP contribution >= 0.6 is 0 Å². The summed E-state index contributed by atoms with van der Waals surface area (Å²) in [7, 11) is 1.27. The third kappa shape index (κ3) is 3.51. The zero-order valence-corrected chi connectivity index (χ0v) is 7.17. The molecule has 0 rings (SSSR count). The molecule has 0 amide bonds. The van der Waals surface area contributed by atoms with Gasteiger partial charge >= 0.3 is 59.9 Å². The summed E-state index contributed by atoms with van der Waals surface area (Å²) >= 11 is 0.327. The molecule has 0 fully saturated rings. The van der Waals surface area contributed by atoms with Crippen LogP contribution in [0.25, 0.3) is 0 Å². The fraction of sp³-hybridized carbons (Fsp3) is 0.800. The molecule has 0 aliphatic rings. The van der Waals surface area contributed by atoms with E-state index in [0.29, 0.717) is 20.3 Å². The van der Waals surface area contributed by atoms with E-state index in [1.54, 1.807) is 0 Å². The summed E-state index contributed by atoms with van der Waals surface area (Å²) in [5.41, 5.74) is 0. The number of rotatable bonds is 3. The number of hydrogen-bond acceptors (Lipinski definition) is 3. The Hall–Kier alpha value is -0.0505. The summed E-state index contributed by atoms with van der Waals surface area (Å²) in [5, 5.41) is 9.40. The second-order valence-electron chi connectivity index (χ2n) is 1.49. The SMILES string of the molecule is COC(=O)[C@H](O)C[Se]C. The van der Waals surface area contributed by atoms with Crippen molar-refractivity contribution in [2.45, 2.75) is 17.2 Å². The van der Waals surface area contributed by atoms with Crippen LogP contribution in [0.3, 0.4) is 0 Å². The van der Waals surface area contributed by atoms with Crippen molar-refractivity contribution < 1.29 is 14.6 Å². The molecule has 0 heterocycles. The number of esters is 1.